The third-order valence-corrected chi connectivity index (χ3v) is 4.35. The molecule has 0 aliphatic carbocycles. The molecule has 0 fully saturated rings. The summed E-state index contributed by atoms with van der Waals surface area (Å²) < 4.78 is 1.70. The second-order valence-corrected chi connectivity index (χ2v) is 6.51. The Kier molecular flexibility index (Phi) is 4.08. The number of H-pyrrole nitrogens is 1. The van der Waals surface area contributed by atoms with Crippen molar-refractivity contribution in [2.24, 2.45) is 0 Å². The van der Waals surface area contributed by atoms with Gasteiger partial charge in [0, 0.05) is 11.5 Å². The molecule has 0 unspecified atom stereocenters. The molecule has 0 atom stereocenters. The number of aromatic amines is 1. The number of nitrogens with zero attached hydrogens (tertiary/aromatic N) is 3. The highest BCUT2D eigenvalue weighted by molar-refractivity contribution is 6.10. The van der Waals surface area contributed by atoms with Gasteiger partial charge in [0.05, 0.1) is 16.9 Å². The number of allylic oxidation sites excluding steroid dienone is 1. The van der Waals surface area contributed by atoms with Crippen LogP contribution in [-0.4, -0.2) is 25.9 Å². The van der Waals surface area contributed by atoms with E-state index in [1.165, 1.54) is 0 Å². The summed E-state index contributed by atoms with van der Waals surface area (Å²) in [6.45, 7) is 7.86. The van der Waals surface area contributed by atoms with Crippen LogP contribution in [0.15, 0.2) is 61.2 Å². The standard InChI is InChI=1S/C21H19N5O/c1-13(2)18-12-19(26(25-18)15-10-8-14(3)9-11-15)22-21(27)20-16-6-4-5-7-17(16)23-24-20/h4-12H,1H2,2-3H3,(H,22,27)(H,23,24). The molecule has 0 aliphatic heterocycles. The second kappa shape index (κ2) is 6.57. The number of hydrogen-bond acceptors (Lipinski definition) is 3. The number of hydrogen-bond donors (Lipinski definition) is 2. The number of rotatable bonds is 4. The molecule has 6 heteroatoms. The summed E-state index contributed by atoms with van der Waals surface area (Å²) in [6, 6.07) is 17.3. The number of fused-ring (bicyclic) bond motifs is 1. The lowest BCUT2D eigenvalue weighted by molar-refractivity contribution is 0.102. The summed E-state index contributed by atoms with van der Waals surface area (Å²) in [5.41, 5.74) is 4.71. The minimum absolute atomic E-state index is 0.297. The van der Waals surface area contributed by atoms with Crippen molar-refractivity contribution in [1.82, 2.24) is 20.0 Å². The number of nitrogens with one attached hydrogen (secondary N) is 2. The Hall–Kier alpha value is -3.67. The van der Waals surface area contributed by atoms with Crippen molar-refractivity contribution in [2.75, 3.05) is 5.32 Å². The normalized spacial score (nSPS) is 10.9. The van der Waals surface area contributed by atoms with Crippen LogP contribution >= 0.6 is 0 Å². The summed E-state index contributed by atoms with van der Waals surface area (Å²) in [5, 5.41) is 15.3. The number of para-hydroxylation sites is 1. The number of carbonyl (C=O) groups is 1. The number of aromatic nitrogens is 4. The molecule has 2 heterocycles. The first kappa shape index (κ1) is 16.8. The fourth-order valence-electron chi connectivity index (χ4n) is 2.87. The molecule has 0 spiro atoms. The van der Waals surface area contributed by atoms with Gasteiger partial charge in [-0.3, -0.25) is 9.89 Å². The quantitative estimate of drug-likeness (QED) is 0.570. The third-order valence-electron chi connectivity index (χ3n) is 4.35. The zero-order chi connectivity index (χ0) is 19.0. The van der Waals surface area contributed by atoms with E-state index in [9.17, 15) is 4.79 Å². The molecule has 6 nitrogen and oxygen atoms in total. The SMILES string of the molecule is C=C(C)c1cc(NC(=O)c2n[nH]c3ccccc23)n(-c2ccc(C)cc2)n1. The van der Waals surface area contributed by atoms with E-state index < -0.39 is 0 Å². The number of anilines is 1. The Morgan fingerprint density at radius 1 is 1.15 bits per heavy atom. The van der Waals surface area contributed by atoms with Crippen molar-refractivity contribution in [3.63, 3.8) is 0 Å². The van der Waals surface area contributed by atoms with Gasteiger partial charge in [0.1, 0.15) is 5.82 Å². The highest BCUT2D eigenvalue weighted by Gasteiger charge is 2.18. The summed E-state index contributed by atoms with van der Waals surface area (Å²) in [7, 11) is 0. The summed E-state index contributed by atoms with van der Waals surface area (Å²) in [4.78, 5) is 12.8. The van der Waals surface area contributed by atoms with Gasteiger partial charge in [0.25, 0.3) is 5.91 Å². The Bertz CT molecular complexity index is 1150. The molecular formula is C21H19N5O. The Morgan fingerprint density at radius 2 is 1.89 bits per heavy atom. The predicted molar refractivity (Wildman–Crippen MR) is 107 cm³/mol. The summed E-state index contributed by atoms with van der Waals surface area (Å²) in [5.74, 6) is 0.267. The van der Waals surface area contributed by atoms with Gasteiger partial charge in [-0.2, -0.15) is 10.2 Å². The van der Waals surface area contributed by atoms with Gasteiger partial charge in [-0.1, -0.05) is 42.5 Å². The fraction of sp³-hybridized carbons (Fsp3) is 0.0952. The lowest BCUT2D eigenvalue weighted by Gasteiger charge is -2.08. The van der Waals surface area contributed by atoms with E-state index in [0.717, 1.165) is 33.4 Å². The largest absolute Gasteiger partial charge is 0.305 e. The van der Waals surface area contributed by atoms with Crippen LogP contribution in [0.1, 0.15) is 28.7 Å². The molecule has 27 heavy (non-hydrogen) atoms. The van der Waals surface area contributed by atoms with Crippen molar-refractivity contribution >= 4 is 28.2 Å². The molecule has 2 aromatic carbocycles. The molecule has 1 amide bonds. The second-order valence-electron chi connectivity index (χ2n) is 6.51. The molecule has 0 aliphatic rings. The van der Waals surface area contributed by atoms with Crippen LogP contribution in [0.3, 0.4) is 0 Å². The number of benzene rings is 2. The van der Waals surface area contributed by atoms with Gasteiger partial charge in [-0.25, -0.2) is 4.68 Å². The molecule has 4 aromatic rings. The zero-order valence-corrected chi connectivity index (χ0v) is 15.2. The number of aryl methyl sites for hydroxylation is 1. The minimum atomic E-state index is -0.297. The van der Waals surface area contributed by atoms with Crippen molar-refractivity contribution in [2.45, 2.75) is 13.8 Å². The Morgan fingerprint density at radius 3 is 2.63 bits per heavy atom. The molecule has 0 bridgehead atoms. The van der Waals surface area contributed by atoms with Crippen LogP contribution in [0.5, 0.6) is 0 Å². The summed E-state index contributed by atoms with van der Waals surface area (Å²) >= 11 is 0. The van der Waals surface area contributed by atoms with Crippen LogP contribution in [0.4, 0.5) is 5.82 Å². The Balaban J connectivity index is 1.73. The lowest BCUT2D eigenvalue weighted by Crippen LogP contribution is -2.16. The van der Waals surface area contributed by atoms with Gasteiger partial charge in [0.15, 0.2) is 5.69 Å². The molecule has 2 N–H and O–H groups in total. The van der Waals surface area contributed by atoms with Crippen LogP contribution in [-0.2, 0) is 0 Å². The molecule has 4 rings (SSSR count). The maximum atomic E-state index is 12.8. The third kappa shape index (κ3) is 3.13. The van der Waals surface area contributed by atoms with Crippen LogP contribution < -0.4 is 5.32 Å². The van der Waals surface area contributed by atoms with Gasteiger partial charge in [0.2, 0.25) is 0 Å². The zero-order valence-electron chi connectivity index (χ0n) is 15.2. The summed E-state index contributed by atoms with van der Waals surface area (Å²) in [6.07, 6.45) is 0. The lowest BCUT2D eigenvalue weighted by atomic mass is 10.2. The van der Waals surface area contributed by atoms with Gasteiger partial charge < -0.3 is 5.32 Å². The van der Waals surface area contributed by atoms with E-state index in [4.69, 9.17) is 0 Å². The Labute approximate surface area is 156 Å². The predicted octanol–water partition coefficient (Wildman–Crippen LogP) is 4.34. The van der Waals surface area contributed by atoms with Crippen LogP contribution in [0.25, 0.3) is 22.2 Å². The van der Waals surface area contributed by atoms with Gasteiger partial charge >= 0.3 is 0 Å². The molecule has 0 radical (unpaired) electrons. The molecule has 134 valence electrons. The monoisotopic (exact) mass is 357 g/mol. The van der Waals surface area contributed by atoms with E-state index in [2.05, 4.69) is 27.2 Å². The van der Waals surface area contributed by atoms with E-state index in [-0.39, 0.29) is 5.91 Å². The molecule has 0 saturated heterocycles. The van der Waals surface area contributed by atoms with Gasteiger partial charge in [-0.15, -0.1) is 0 Å². The van der Waals surface area contributed by atoms with Crippen LogP contribution in [0, 0.1) is 6.92 Å². The first-order valence-electron chi connectivity index (χ1n) is 8.60. The average Bonchev–Trinajstić information content (AvgIpc) is 3.27. The fourth-order valence-corrected chi connectivity index (χ4v) is 2.87. The van der Waals surface area contributed by atoms with Crippen molar-refractivity contribution in [1.29, 1.82) is 0 Å². The topological polar surface area (TPSA) is 75.6 Å². The van der Waals surface area contributed by atoms with Crippen molar-refractivity contribution < 1.29 is 4.79 Å². The smallest absolute Gasteiger partial charge is 0.277 e. The maximum absolute atomic E-state index is 12.8. The molecule has 0 saturated carbocycles. The van der Waals surface area contributed by atoms with Crippen LogP contribution in [0.2, 0.25) is 0 Å². The van der Waals surface area contributed by atoms with E-state index in [1.807, 2.05) is 68.4 Å². The van der Waals surface area contributed by atoms with Crippen molar-refractivity contribution in [3.8, 4) is 5.69 Å². The average molecular weight is 357 g/mol. The van der Waals surface area contributed by atoms with Gasteiger partial charge in [-0.05, 0) is 37.6 Å². The van der Waals surface area contributed by atoms with Crippen molar-refractivity contribution in [3.05, 3.63) is 78.1 Å². The highest BCUT2D eigenvalue weighted by Crippen LogP contribution is 2.23. The first-order valence-corrected chi connectivity index (χ1v) is 8.60. The number of amides is 1. The van der Waals surface area contributed by atoms with E-state index in [1.54, 1.807) is 4.68 Å². The molecular weight excluding hydrogens is 338 g/mol. The first-order chi connectivity index (χ1) is 13.0. The van der Waals surface area contributed by atoms with E-state index in [0.29, 0.717) is 11.5 Å². The maximum Gasteiger partial charge on any atom is 0.277 e. The number of carbonyl (C=O) groups excluding carboxylic acids is 1. The highest BCUT2D eigenvalue weighted by atomic mass is 16.2. The van der Waals surface area contributed by atoms with E-state index >= 15 is 0 Å². The molecule has 2 aromatic heterocycles. The minimum Gasteiger partial charge on any atom is -0.305 e.